The molecule has 0 radical (unpaired) electrons. The molecule has 0 spiro atoms. The van der Waals surface area contributed by atoms with Gasteiger partial charge >= 0.3 is 0 Å². The lowest BCUT2D eigenvalue weighted by atomic mass is 9.89. The lowest BCUT2D eigenvalue weighted by molar-refractivity contribution is -0.0458. The summed E-state index contributed by atoms with van der Waals surface area (Å²) in [4.78, 5) is 20.6. The molecule has 8 rings (SSSR count). The van der Waals surface area contributed by atoms with Gasteiger partial charge in [0.2, 0.25) is 5.95 Å². The lowest BCUT2D eigenvalue weighted by Gasteiger charge is -2.43. The molecule has 2 aliphatic heterocycles. The van der Waals surface area contributed by atoms with Crippen LogP contribution in [0.5, 0.6) is 11.6 Å². The van der Waals surface area contributed by atoms with Crippen molar-refractivity contribution in [3.8, 4) is 22.8 Å². The molecule has 3 atom stereocenters. The molecule has 1 aliphatic carbocycles. The number of benzene rings is 1. The SMILES string of the molecule is CC(Cn1cnnn1)Oc1cc(-c2cnc(Nc3cn(C4CCC(N5[C@@H]6CC[C@H]5COC6)CC4)nc3OCc3ncccn3)nc2)ccc1Cl. The van der Waals surface area contributed by atoms with Crippen LogP contribution in [0.15, 0.2) is 61.6 Å². The van der Waals surface area contributed by atoms with E-state index in [4.69, 9.17) is 30.9 Å². The highest BCUT2D eigenvalue weighted by Gasteiger charge is 2.42. The molecule has 2 bridgehead atoms. The van der Waals surface area contributed by atoms with E-state index in [1.54, 1.807) is 47.9 Å². The molecule has 260 valence electrons. The zero-order valence-corrected chi connectivity index (χ0v) is 28.5. The predicted octanol–water partition coefficient (Wildman–Crippen LogP) is 4.91. The molecular weight excluding hydrogens is 660 g/mol. The van der Waals surface area contributed by atoms with Crippen molar-refractivity contribution in [1.29, 1.82) is 0 Å². The summed E-state index contributed by atoms with van der Waals surface area (Å²) >= 11 is 6.47. The number of anilines is 2. The molecule has 1 unspecified atom stereocenters. The summed E-state index contributed by atoms with van der Waals surface area (Å²) in [5.41, 5.74) is 2.36. The minimum absolute atomic E-state index is 0.189. The molecule has 15 nitrogen and oxygen atoms in total. The fourth-order valence-electron chi connectivity index (χ4n) is 7.39. The van der Waals surface area contributed by atoms with Crippen molar-refractivity contribution in [1.82, 2.24) is 54.8 Å². The molecule has 1 N–H and O–H groups in total. The first-order chi connectivity index (χ1) is 24.6. The van der Waals surface area contributed by atoms with Crippen molar-refractivity contribution in [2.75, 3.05) is 18.5 Å². The molecular formula is C34H39ClN12O3. The van der Waals surface area contributed by atoms with Gasteiger partial charge in [-0.3, -0.25) is 9.58 Å². The second-order valence-corrected chi connectivity index (χ2v) is 13.5. The number of hydrogen-bond acceptors (Lipinski definition) is 13. The van der Waals surface area contributed by atoms with Crippen LogP contribution in [-0.4, -0.2) is 92.3 Å². The summed E-state index contributed by atoms with van der Waals surface area (Å²) < 4.78 is 21.8. The van der Waals surface area contributed by atoms with Gasteiger partial charge in [-0.2, -0.15) is 0 Å². The summed E-state index contributed by atoms with van der Waals surface area (Å²) in [7, 11) is 0. The Balaban J connectivity index is 0.958. The lowest BCUT2D eigenvalue weighted by Crippen LogP contribution is -2.52. The van der Waals surface area contributed by atoms with E-state index < -0.39 is 0 Å². The Bertz CT molecular complexity index is 1840. The van der Waals surface area contributed by atoms with Crippen molar-refractivity contribution >= 4 is 23.2 Å². The van der Waals surface area contributed by atoms with Gasteiger partial charge in [0.25, 0.3) is 5.88 Å². The molecule has 50 heavy (non-hydrogen) atoms. The number of fused-ring (bicyclic) bond motifs is 2. The first-order valence-electron chi connectivity index (χ1n) is 17.1. The van der Waals surface area contributed by atoms with Crippen LogP contribution >= 0.6 is 11.6 Å². The van der Waals surface area contributed by atoms with E-state index in [9.17, 15) is 0 Å². The standard InChI is InChI=1S/C34H39ClN12O3/c1-22(16-45-21-40-43-44-45)50-31-13-23(3-10-29(31)35)24-14-38-34(39-15-24)41-30-17-46(42-33(30)49-20-32-36-11-2-12-37-32)25-4-6-26(7-5-25)47-27-8-9-28(47)19-48-18-27/h2-3,10-15,17,21-22,25-28H,4-9,16,18-20H2,1H3,(H,38,39,41)/t22?,25?,26?,27-,28+. The van der Waals surface area contributed by atoms with E-state index in [-0.39, 0.29) is 18.8 Å². The summed E-state index contributed by atoms with van der Waals surface area (Å²) in [5, 5.41) is 20.0. The Morgan fingerprint density at radius 2 is 1.68 bits per heavy atom. The van der Waals surface area contributed by atoms with Crippen molar-refractivity contribution in [2.45, 2.75) is 88.9 Å². The predicted molar refractivity (Wildman–Crippen MR) is 183 cm³/mol. The molecule has 3 aliphatic rings. The fourth-order valence-corrected chi connectivity index (χ4v) is 7.55. The zero-order valence-electron chi connectivity index (χ0n) is 27.8. The molecule has 0 amide bonds. The van der Waals surface area contributed by atoms with Crippen LogP contribution in [0.1, 0.15) is 57.3 Å². The van der Waals surface area contributed by atoms with Gasteiger partial charge in [-0.25, -0.2) is 24.6 Å². The number of nitrogens with zero attached hydrogens (tertiary/aromatic N) is 11. The Kier molecular flexibility index (Phi) is 9.50. The molecule has 2 saturated heterocycles. The number of rotatable bonds is 12. The molecule has 1 saturated carbocycles. The summed E-state index contributed by atoms with van der Waals surface area (Å²) in [6.45, 7) is 4.35. The van der Waals surface area contributed by atoms with E-state index >= 15 is 0 Å². The van der Waals surface area contributed by atoms with Crippen LogP contribution in [0.3, 0.4) is 0 Å². The minimum Gasteiger partial charge on any atom is -0.487 e. The average Bonchev–Trinajstić information content (AvgIpc) is 3.87. The minimum atomic E-state index is -0.213. The van der Waals surface area contributed by atoms with E-state index in [1.807, 2.05) is 29.9 Å². The third-order valence-electron chi connectivity index (χ3n) is 9.74. The van der Waals surface area contributed by atoms with Crippen molar-refractivity contribution in [2.24, 2.45) is 0 Å². The molecule has 3 fully saturated rings. The van der Waals surface area contributed by atoms with Gasteiger partial charge in [0, 0.05) is 48.5 Å². The van der Waals surface area contributed by atoms with Crippen LogP contribution in [0.4, 0.5) is 11.6 Å². The number of morpholine rings is 1. The first-order valence-corrected chi connectivity index (χ1v) is 17.5. The topological polar surface area (TPSA) is 156 Å². The van der Waals surface area contributed by atoms with E-state index in [0.29, 0.717) is 58.8 Å². The van der Waals surface area contributed by atoms with Gasteiger partial charge in [0.1, 0.15) is 30.5 Å². The monoisotopic (exact) mass is 698 g/mol. The summed E-state index contributed by atoms with van der Waals surface area (Å²) in [6.07, 6.45) is 17.2. The number of tetrazole rings is 1. The third-order valence-corrected chi connectivity index (χ3v) is 10.1. The molecule has 1 aromatic carbocycles. The van der Waals surface area contributed by atoms with Crippen LogP contribution in [-0.2, 0) is 17.9 Å². The zero-order chi connectivity index (χ0) is 33.9. The van der Waals surface area contributed by atoms with Crippen LogP contribution in [0.25, 0.3) is 11.1 Å². The Hall–Kier alpha value is -4.73. The number of aromatic nitrogens is 10. The Morgan fingerprint density at radius 1 is 0.940 bits per heavy atom. The van der Waals surface area contributed by atoms with Gasteiger partial charge in [0.15, 0.2) is 5.82 Å². The summed E-state index contributed by atoms with van der Waals surface area (Å²) in [5.74, 6) is 2.00. The smallest absolute Gasteiger partial charge is 0.257 e. The number of hydrogen-bond donors (Lipinski definition) is 1. The molecule has 16 heteroatoms. The highest BCUT2D eigenvalue weighted by atomic mass is 35.5. The normalized spacial score (nSPS) is 22.7. The quantitative estimate of drug-likeness (QED) is 0.188. The van der Waals surface area contributed by atoms with Gasteiger partial charge < -0.3 is 19.5 Å². The highest BCUT2D eigenvalue weighted by molar-refractivity contribution is 6.32. The van der Waals surface area contributed by atoms with E-state index in [1.165, 1.54) is 12.8 Å². The van der Waals surface area contributed by atoms with Gasteiger partial charge in [-0.15, -0.1) is 10.2 Å². The molecule has 5 aromatic rings. The van der Waals surface area contributed by atoms with Gasteiger partial charge in [-0.1, -0.05) is 17.7 Å². The third kappa shape index (κ3) is 7.25. The van der Waals surface area contributed by atoms with Crippen molar-refractivity contribution in [3.05, 3.63) is 72.4 Å². The van der Waals surface area contributed by atoms with Crippen LogP contribution < -0.4 is 14.8 Å². The summed E-state index contributed by atoms with van der Waals surface area (Å²) in [6, 6.07) is 9.42. The number of ether oxygens (including phenoxy) is 3. The van der Waals surface area contributed by atoms with E-state index in [2.05, 4.69) is 45.7 Å². The average molecular weight is 699 g/mol. The largest absolute Gasteiger partial charge is 0.487 e. The highest BCUT2D eigenvalue weighted by Crippen LogP contribution is 2.40. The van der Waals surface area contributed by atoms with Gasteiger partial charge in [0.05, 0.1) is 37.0 Å². The first kappa shape index (κ1) is 32.5. The Morgan fingerprint density at radius 3 is 2.42 bits per heavy atom. The maximum Gasteiger partial charge on any atom is 0.257 e. The van der Waals surface area contributed by atoms with Crippen molar-refractivity contribution < 1.29 is 14.2 Å². The van der Waals surface area contributed by atoms with E-state index in [0.717, 1.165) is 50.0 Å². The van der Waals surface area contributed by atoms with Crippen LogP contribution in [0.2, 0.25) is 5.02 Å². The van der Waals surface area contributed by atoms with Crippen molar-refractivity contribution in [3.63, 3.8) is 0 Å². The van der Waals surface area contributed by atoms with Gasteiger partial charge in [-0.05, 0) is 79.6 Å². The molecule has 4 aromatic heterocycles. The molecule has 6 heterocycles. The Labute approximate surface area is 294 Å². The fraction of sp³-hybridized carbons (Fsp3) is 0.471. The second kappa shape index (κ2) is 14.6. The number of halogens is 1. The second-order valence-electron chi connectivity index (χ2n) is 13.1. The maximum atomic E-state index is 6.47. The maximum absolute atomic E-state index is 6.47. The number of nitrogens with one attached hydrogen (secondary N) is 1. The van der Waals surface area contributed by atoms with Crippen LogP contribution in [0, 0.1) is 0 Å².